The van der Waals surface area contributed by atoms with Crippen molar-refractivity contribution in [3.8, 4) is 16.9 Å². The first-order valence-corrected chi connectivity index (χ1v) is 5.70. The van der Waals surface area contributed by atoms with Gasteiger partial charge in [-0.15, -0.1) is 0 Å². The van der Waals surface area contributed by atoms with Crippen LogP contribution in [-0.2, 0) is 0 Å². The molecular formula is C13H11FN4O. The van der Waals surface area contributed by atoms with E-state index in [0.29, 0.717) is 28.5 Å². The average Bonchev–Trinajstić information content (AvgIpc) is 2.77. The molecule has 0 amide bonds. The standard InChI is InChI=1S/C13H11FN4O/c1-8-16-13-15-6-9(7-18(13)17-8)11-5-10(14)3-4-12(11)19-2/h3-7H,1-2H3. The van der Waals surface area contributed by atoms with Gasteiger partial charge in [0.25, 0.3) is 5.78 Å². The zero-order chi connectivity index (χ0) is 13.4. The highest BCUT2D eigenvalue weighted by atomic mass is 19.1. The van der Waals surface area contributed by atoms with Crippen LogP contribution in [0.25, 0.3) is 16.9 Å². The van der Waals surface area contributed by atoms with Gasteiger partial charge in [0.2, 0.25) is 0 Å². The van der Waals surface area contributed by atoms with Crippen molar-refractivity contribution in [2.45, 2.75) is 6.92 Å². The minimum absolute atomic E-state index is 0.328. The average molecular weight is 258 g/mol. The van der Waals surface area contributed by atoms with Gasteiger partial charge in [-0.1, -0.05) is 0 Å². The largest absolute Gasteiger partial charge is 0.496 e. The molecule has 0 unspecified atom stereocenters. The monoisotopic (exact) mass is 258 g/mol. The molecule has 0 saturated carbocycles. The van der Waals surface area contributed by atoms with E-state index >= 15 is 0 Å². The number of hydrogen-bond acceptors (Lipinski definition) is 4. The van der Waals surface area contributed by atoms with Crippen molar-refractivity contribution >= 4 is 5.78 Å². The lowest BCUT2D eigenvalue weighted by molar-refractivity contribution is 0.415. The van der Waals surface area contributed by atoms with Crippen LogP contribution < -0.4 is 4.74 Å². The van der Waals surface area contributed by atoms with Crippen LogP contribution in [0.5, 0.6) is 5.75 Å². The Morgan fingerprint density at radius 1 is 1.32 bits per heavy atom. The molecule has 6 heteroatoms. The molecule has 0 N–H and O–H groups in total. The summed E-state index contributed by atoms with van der Waals surface area (Å²) in [6, 6.07) is 4.35. The molecule has 0 bridgehead atoms. The zero-order valence-electron chi connectivity index (χ0n) is 10.5. The van der Waals surface area contributed by atoms with Gasteiger partial charge in [-0.05, 0) is 25.1 Å². The van der Waals surface area contributed by atoms with Crippen molar-refractivity contribution in [2.24, 2.45) is 0 Å². The molecule has 0 saturated heterocycles. The smallest absolute Gasteiger partial charge is 0.252 e. The minimum Gasteiger partial charge on any atom is -0.496 e. The number of halogens is 1. The first-order chi connectivity index (χ1) is 9.17. The van der Waals surface area contributed by atoms with Gasteiger partial charge in [-0.2, -0.15) is 10.1 Å². The summed E-state index contributed by atoms with van der Waals surface area (Å²) < 4.78 is 20.2. The van der Waals surface area contributed by atoms with Crippen LogP contribution in [0.3, 0.4) is 0 Å². The first-order valence-electron chi connectivity index (χ1n) is 5.70. The molecule has 0 aliphatic heterocycles. The molecule has 0 aliphatic carbocycles. The van der Waals surface area contributed by atoms with Crippen LogP contribution in [0.2, 0.25) is 0 Å². The Balaban J connectivity index is 2.20. The summed E-state index contributed by atoms with van der Waals surface area (Å²) in [5, 5.41) is 4.19. The highest BCUT2D eigenvalue weighted by Crippen LogP contribution is 2.29. The molecule has 3 aromatic rings. The summed E-state index contributed by atoms with van der Waals surface area (Å²) in [6.07, 6.45) is 3.38. The maximum absolute atomic E-state index is 13.4. The van der Waals surface area contributed by atoms with E-state index < -0.39 is 0 Å². The topological polar surface area (TPSA) is 52.3 Å². The predicted molar refractivity (Wildman–Crippen MR) is 67.5 cm³/mol. The van der Waals surface area contributed by atoms with Gasteiger partial charge in [0.15, 0.2) is 0 Å². The van der Waals surface area contributed by atoms with Crippen LogP contribution >= 0.6 is 0 Å². The molecule has 96 valence electrons. The fraction of sp³-hybridized carbons (Fsp3) is 0.154. The van der Waals surface area contributed by atoms with E-state index in [1.165, 1.54) is 12.1 Å². The molecule has 0 radical (unpaired) electrons. The van der Waals surface area contributed by atoms with Crippen molar-refractivity contribution < 1.29 is 9.13 Å². The highest BCUT2D eigenvalue weighted by Gasteiger charge is 2.10. The van der Waals surface area contributed by atoms with Gasteiger partial charge >= 0.3 is 0 Å². The lowest BCUT2D eigenvalue weighted by atomic mass is 10.1. The van der Waals surface area contributed by atoms with Crippen LogP contribution in [0.1, 0.15) is 5.82 Å². The number of rotatable bonds is 2. The molecular weight excluding hydrogens is 247 g/mol. The van der Waals surface area contributed by atoms with E-state index in [-0.39, 0.29) is 5.82 Å². The summed E-state index contributed by atoms with van der Waals surface area (Å²) in [4.78, 5) is 8.34. The Labute approximate surface area is 108 Å². The number of methoxy groups -OCH3 is 1. The first kappa shape index (κ1) is 11.6. The molecule has 0 atom stereocenters. The van der Waals surface area contributed by atoms with Crippen LogP contribution in [0, 0.1) is 12.7 Å². The van der Waals surface area contributed by atoms with Crippen molar-refractivity contribution in [1.82, 2.24) is 19.6 Å². The third-order valence-corrected chi connectivity index (χ3v) is 2.77. The SMILES string of the molecule is COc1ccc(F)cc1-c1cnc2nc(C)nn2c1. The highest BCUT2D eigenvalue weighted by molar-refractivity contribution is 5.69. The van der Waals surface area contributed by atoms with Gasteiger partial charge in [0, 0.05) is 23.5 Å². The molecule has 2 heterocycles. The van der Waals surface area contributed by atoms with Gasteiger partial charge in [-0.25, -0.2) is 13.9 Å². The summed E-state index contributed by atoms with van der Waals surface area (Å²) in [6.45, 7) is 1.79. The summed E-state index contributed by atoms with van der Waals surface area (Å²) in [5.41, 5.74) is 1.35. The number of fused-ring (bicyclic) bond motifs is 1. The Morgan fingerprint density at radius 3 is 2.95 bits per heavy atom. The molecule has 2 aromatic heterocycles. The number of ether oxygens (including phenoxy) is 1. The van der Waals surface area contributed by atoms with Gasteiger partial charge in [0.1, 0.15) is 17.4 Å². The van der Waals surface area contributed by atoms with E-state index in [4.69, 9.17) is 4.74 Å². The maximum atomic E-state index is 13.4. The quantitative estimate of drug-likeness (QED) is 0.707. The summed E-state index contributed by atoms with van der Waals surface area (Å²) >= 11 is 0. The second kappa shape index (κ2) is 4.31. The molecule has 0 fully saturated rings. The summed E-state index contributed by atoms with van der Waals surface area (Å²) in [5.74, 6) is 1.40. The Kier molecular flexibility index (Phi) is 2.63. The second-order valence-electron chi connectivity index (χ2n) is 4.09. The number of benzene rings is 1. The molecule has 1 aromatic carbocycles. The van der Waals surface area contributed by atoms with Gasteiger partial charge in [0.05, 0.1) is 7.11 Å². The number of aromatic nitrogens is 4. The van der Waals surface area contributed by atoms with E-state index in [0.717, 1.165) is 0 Å². The molecule has 3 rings (SSSR count). The van der Waals surface area contributed by atoms with E-state index in [1.807, 2.05) is 0 Å². The van der Waals surface area contributed by atoms with E-state index in [9.17, 15) is 4.39 Å². The molecule has 0 aliphatic rings. The summed E-state index contributed by atoms with van der Waals surface area (Å²) in [7, 11) is 1.54. The normalized spacial score (nSPS) is 10.9. The third kappa shape index (κ3) is 2.01. The Hall–Kier alpha value is -2.50. The number of nitrogens with zero attached hydrogens (tertiary/aromatic N) is 4. The van der Waals surface area contributed by atoms with Crippen LogP contribution in [0.15, 0.2) is 30.6 Å². The van der Waals surface area contributed by atoms with Crippen LogP contribution in [0.4, 0.5) is 4.39 Å². The Morgan fingerprint density at radius 2 is 2.16 bits per heavy atom. The maximum Gasteiger partial charge on any atom is 0.252 e. The number of hydrogen-bond donors (Lipinski definition) is 0. The fourth-order valence-electron chi connectivity index (χ4n) is 1.93. The second-order valence-corrected chi connectivity index (χ2v) is 4.09. The van der Waals surface area contributed by atoms with Crippen molar-refractivity contribution in [3.63, 3.8) is 0 Å². The number of aryl methyl sites for hydroxylation is 1. The van der Waals surface area contributed by atoms with E-state index in [2.05, 4.69) is 15.1 Å². The van der Waals surface area contributed by atoms with E-state index in [1.54, 1.807) is 37.0 Å². The van der Waals surface area contributed by atoms with Crippen molar-refractivity contribution in [3.05, 3.63) is 42.2 Å². The van der Waals surface area contributed by atoms with Gasteiger partial charge in [-0.3, -0.25) is 0 Å². The molecule has 0 spiro atoms. The minimum atomic E-state index is -0.328. The lowest BCUT2D eigenvalue weighted by Crippen LogP contribution is -1.94. The van der Waals surface area contributed by atoms with Gasteiger partial charge < -0.3 is 4.74 Å². The molecule has 5 nitrogen and oxygen atoms in total. The fourth-order valence-corrected chi connectivity index (χ4v) is 1.93. The van der Waals surface area contributed by atoms with Crippen molar-refractivity contribution in [2.75, 3.05) is 7.11 Å². The molecule has 19 heavy (non-hydrogen) atoms. The Bertz CT molecular complexity index is 753. The van der Waals surface area contributed by atoms with Crippen LogP contribution in [-0.4, -0.2) is 26.7 Å². The lowest BCUT2D eigenvalue weighted by Gasteiger charge is -2.08. The van der Waals surface area contributed by atoms with Crippen molar-refractivity contribution in [1.29, 1.82) is 0 Å². The zero-order valence-corrected chi connectivity index (χ0v) is 10.5. The predicted octanol–water partition coefficient (Wildman–Crippen LogP) is 2.25. The third-order valence-electron chi connectivity index (χ3n) is 2.77.